The van der Waals surface area contributed by atoms with Crippen molar-refractivity contribution in [2.24, 2.45) is 0 Å². The molecule has 0 bridgehead atoms. The zero-order valence-corrected chi connectivity index (χ0v) is 16.8. The van der Waals surface area contributed by atoms with Gasteiger partial charge in [0, 0.05) is 23.7 Å². The monoisotopic (exact) mass is 380 g/mol. The van der Waals surface area contributed by atoms with Crippen LogP contribution < -0.4 is 10.1 Å². The molecule has 148 valence electrons. The Hall–Kier alpha value is -2.82. The van der Waals surface area contributed by atoms with Gasteiger partial charge >= 0.3 is 0 Å². The van der Waals surface area contributed by atoms with E-state index in [9.17, 15) is 9.59 Å². The van der Waals surface area contributed by atoms with E-state index in [4.69, 9.17) is 4.74 Å². The molecule has 0 radical (unpaired) electrons. The standard InChI is InChI=1S/C23H28N2O3/c1-16(2)24-22(26)18-9-11-21(12-10-18)28-15-20-8-5-13-25(20)23(27)19-7-4-6-17(3)14-19/h4,6-7,9-12,14,16,20H,5,8,13,15H2,1-3H3,(H,24,26)/t20-/m1/s1. The summed E-state index contributed by atoms with van der Waals surface area (Å²) in [4.78, 5) is 26.8. The average molecular weight is 380 g/mol. The van der Waals surface area contributed by atoms with Crippen LogP contribution in [0.25, 0.3) is 0 Å². The molecule has 1 fully saturated rings. The van der Waals surface area contributed by atoms with E-state index >= 15 is 0 Å². The van der Waals surface area contributed by atoms with Gasteiger partial charge in [0.05, 0.1) is 6.04 Å². The number of carbonyl (C=O) groups is 2. The molecule has 5 heteroatoms. The van der Waals surface area contributed by atoms with Crippen LogP contribution in [0.3, 0.4) is 0 Å². The second kappa shape index (κ2) is 8.91. The Bertz CT molecular complexity index is 830. The number of carbonyl (C=O) groups excluding carboxylic acids is 2. The topological polar surface area (TPSA) is 58.6 Å². The van der Waals surface area contributed by atoms with Gasteiger partial charge in [0.1, 0.15) is 12.4 Å². The number of benzene rings is 2. The van der Waals surface area contributed by atoms with Crippen LogP contribution in [0.5, 0.6) is 5.75 Å². The minimum atomic E-state index is -0.0905. The molecular formula is C23H28N2O3. The van der Waals surface area contributed by atoms with Crippen LogP contribution in [-0.2, 0) is 0 Å². The molecule has 0 aliphatic carbocycles. The molecule has 1 aliphatic rings. The fraction of sp³-hybridized carbons (Fsp3) is 0.391. The van der Waals surface area contributed by atoms with Gasteiger partial charge in [-0.1, -0.05) is 17.7 Å². The van der Waals surface area contributed by atoms with E-state index in [1.807, 2.05) is 49.9 Å². The van der Waals surface area contributed by atoms with Crippen LogP contribution in [0.15, 0.2) is 48.5 Å². The molecule has 5 nitrogen and oxygen atoms in total. The molecule has 2 aromatic carbocycles. The molecule has 3 rings (SSSR count). The first kappa shape index (κ1) is 19.9. The van der Waals surface area contributed by atoms with Crippen molar-refractivity contribution in [3.05, 3.63) is 65.2 Å². The summed E-state index contributed by atoms with van der Waals surface area (Å²) in [6.07, 6.45) is 1.92. The summed E-state index contributed by atoms with van der Waals surface area (Å²) in [5.74, 6) is 0.679. The van der Waals surface area contributed by atoms with Crippen molar-refractivity contribution in [1.82, 2.24) is 10.2 Å². The fourth-order valence-corrected chi connectivity index (χ4v) is 3.46. The molecule has 0 aromatic heterocycles. The van der Waals surface area contributed by atoms with Gasteiger partial charge in [-0.05, 0) is 70.0 Å². The summed E-state index contributed by atoms with van der Waals surface area (Å²) in [6.45, 7) is 7.07. The molecule has 0 saturated carbocycles. The van der Waals surface area contributed by atoms with Gasteiger partial charge in [0.15, 0.2) is 0 Å². The molecular weight excluding hydrogens is 352 g/mol. The van der Waals surface area contributed by atoms with Crippen LogP contribution in [-0.4, -0.2) is 41.9 Å². The van der Waals surface area contributed by atoms with Crippen molar-refractivity contribution in [2.75, 3.05) is 13.2 Å². The summed E-state index contributed by atoms with van der Waals surface area (Å²) in [5.41, 5.74) is 2.42. The van der Waals surface area contributed by atoms with Gasteiger partial charge < -0.3 is 15.0 Å². The summed E-state index contributed by atoms with van der Waals surface area (Å²) < 4.78 is 5.92. The summed E-state index contributed by atoms with van der Waals surface area (Å²) in [7, 11) is 0. The first-order valence-electron chi connectivity index (χ1n) is 9.85. The highest BCUT2D eigenvalue weighted by Gasteiger charge is 2.30. The molecule has 0 spiro atoms. The van der Waals surface area contributed by atoms with Gasteiger partial charge in [0.2, 0.25) is 0 Å². The van der Waals surface area contributed by atoms with Crippen LogP contribution in [0.4, 0.5) is 0 Å². The lowest BCUT2D eigenvalue weighted by atomic mass is 10.1. The Labute approximate surface area is 166 Å². The lowest BCUT2D eigenvalue weighted by Gasteiger charge is -2.25. The van der Waals surface area contributed by atoms with E-state index in [2.05, 4.69) is 5.32 Å². The molecule has 28 heavy (non-hydrogen) atoms. The highest BCUT2D eigenvalue weighted by Crippen LogP contribution is 2.22. The Balaban J connectivity index is 1.59. The van der Waals surface area contributed by atoms with Gasteiger partial charge in [-0.15, -0.1) is 0 Å². The van der Waals surface area contributed by atoms with Crippen LogP contribution in [0.2, 0.25) is 0 Å². The number of aryl methyl sites for hydroxylation is 1. The summed E-state index contributed by atoms with van der Waals surface area (Å²) in [6, 6.07) is 15.0. The average Bonchev–Trinajstić information content (AvgIpc) is 3.14. The lowest BCUT2D eigenvalue weighted by molar-refractivity contribution is 0.0691. The predicted octanol–water partition coefficient (Wildman–Crippen LogP) is 3.82. The van der Waals surface area contributed by atoms with Gasteiger partial charge in [-0.3, -0.25) is 9.59 Å². The number of likely N-dealkylation sites (tertiary alicyclic amines) is 1. The Kier molecular flexibility index (Phi) is 6.34. The number of ether oxygens (including phenoxy) is 1. The van der Waals surface area contributed by atoms with Gasteiger partial charge in [-0.2, -0.15) is 0 Å². The molecule has 1 saturated heterocycles. The van der Waals surface area contributed by atoms with Crippen molar-refractivity contribution in [1.29, 1.82) is 0 Å². The van der Waals surface area contributed by atoms with Crippen LogP contribution in [0.1, 0.15) is 53.0 Å². The number of amides is 2. The second-order valence-electron chi connectivity index (χ2n) is 7.63. The quantitative estimate of drug-likeness (QED) is 0.829. The van der Waals surface area contributed by atoms with Crippen molar-refractivity contribution in [2.45, 2.75) is 45.7 Å². The highest BCUT2D eigenvalue weighted by molar-refractivity contribution is 5.95. The minimum Gasteiger partial charge on any atom is -0.491 e. The van der Waals surface area contributed by atoms with E-state index < -0.39 is 0 Å². The first-order chi connectivity index (χ1) is 13.4. The normalized spacial score (nSPS) is 16.3. The molecule has 2 aromatic rings. The smallest absolute Gasteiger partial charge is 0.254 e. The number of hydrogen-bond acceptors (Lipinski definition) is 3. The van der Waals surface area contributed by atoms with Crippen molar-refractivity contribution in [3.63, 3.8) is 0 Å². The zero-order chi connectivity index (χ0) is 20.1. The van der Waals surface area contributed by atoms with Crippen LogP contribution in [0, 0.1) is 6.92 Å². The third kappa shape index (κ3) is 4.91. The highest BCUT2D eigenvalue weighted by atomic mass is 16.5. The third-order valence-corrected chi connectivity index (χ3v) is 4.88. The van der Waals surface area contributed by atoms with Crippen molar-refractivity contribution >= 4 is 11.8 Å². The molecule has 1 N–H and O–H groups in total. The molecule has 1 atom stereocenters. The van der Waals surface area contributed by atoms with E-state index in [1.54, 1.807) is 24.3 Å². The molecule has 0 unspecified atom stereocenters. The van der Waals surface area contributed by atoms with E-state index in [0.29, 0.717) is 17.9 Å². The Morgan fingerprint density at radius 2 is 1.89 bits per heavy atom. The van der Waals surface area contributed by atoms with Crippen molar-refractivity contribution < 1.29 is 14.3 Å². The maximum atomic E-state index is 12.9. The van der Waals surface area contributed by atoms with E-state index in [-0.39, 0.29) is 23.9 Å². The first-order valence-corrected chi connectivity index (χ1v) is 9.85. The maximum Gasteiger partial charge on any atom is 0.254 e. The van der Waals surface area contributed by atoms with E-state index in [0.717, 1.165) is 30.5 Å². The Morgan fingerprint density at radius 3 is 2.57 bits per heavy atom. The summed E-state index contributed by atoms with van der Waals surface area (Å²) in [5, 5.41) is 2.87. The Morgan fingerprint density at radius 1 is 1.14 bits per heavy atom. The predicted molar refractivity (Wildman–Crippen MR) is 110 cm³/mol. The number of hydrogen-bond donors (Lipinski definition) is 1. The fourth-order valence-electron chi connectivity index (χ4n) is 3.46. The number of nitrogens with one attached hydrogen (secondary N) is 1. The van der Waals surface area contributed by atoms with Crippen LogP contribution >= 0.6 is 0 Å². The van der Waals surface area contributed by atoms with E-state index in [1.165, 1.54) is 0 Å². The second-order valence-corrected chi connectivity index (χ2v) is 7.63. The summed E-state index contributed by atoms with van der Waals surface area (Å²) >= 11 is 0. The molecule has 1 aliphatic heterocycles. The lowest BCUT2D eigenvalue weighted by Crippen LogP contribution is -2.39. The SMILES string of the molecule is Cc1cccc(C(=O)N2CCC[C@@H]2COc2ccc(C(=O)NC(C)C)cc2)c1. The maximum absolute atomic E-state index is 12.9. The number of nitrogens with zero attached hydrogens (tertiary/aromatic N) is 1. The molecule has 2 amide bonds. The van der Waals surface area contributed by atoms with Gasteiger partial charge in [-0.25, -0.2) is 0 Å². The zero-order valence-electron chi connectivity index (χ0n) is 16.8. The van der Waals surface area contributed by atoms with Gasteiger partial charge in [0.25, 0.3) is 11.8 Å². The molecule has 1 heterocycles. The third-order valence-electron chi connectivity index (χ3n) is 4.88. The largest absolute Gasteiger partial charge is 0.491 e. The minimum absolute atomic E-state index is 0.0653. The van der Waals surface area contributed by atoms with Crippen molar-refractivity contribution in [3.8, 4) is 5.75 Å². The number of rotatable bonds is 6.